The Morgan fingerprint density at radius 2 is 0.764 bits per heavy atom. The van der Waals surface area contributed by atoms with Crippen LogP contribution in [-0.2, 0) is 0 Å². The van der Waals surface area contributed by atoms with E-state index in [1.54, 1.807) is 0 Å². The Morgan fingerprint density at radius 1 is 0.273 bits per heavy atom. The van der Waals surface area contributed by atoms with Crippen LogP contribution in [0.15, 0.2) is 206 Å². The molecule has 0 radical (unpaired) electrons. The Balaban J connectivity index is 1.18. The van der Waals surface area contributed by atoms with Crippen molar-refractivity contribution in [3.8, 4) is 73.2 Å². The number of nitrogens with zero attached hydrogens (tertiary/aromatic N) is 4. The van der Waals surface area contributed by atoms with E-state index in [2.05, 4.69) is 150 Å². The van der Waals surface area contributed by atoms with Crippen molar-refractivity contribution in [3.63, 3.8) is 0 Å². The van der Waals surface area contributed by atoms with Crippen molar-refractivity contribution >= 4 is 21.8 Å². The highest BCUT2D eigenvalue weighted by Crippen LogP contribution is 2.41. The number of hydrogen-bond acceptors (Lipinski definition) is 3. The van der Waals surface area contributed by atoms with E-state index in [1.165, 1.54) is 21.8 Å². The van der Waals surface area contributed by atoms with Gasteiger partial charge in [0.05, 0.1) is 11.0 Å². The molecule has 0 fully saturated rings. The second kappa shape index (κ2) is 13.8. The number of benzene rings is 8. The van der Waals surface area contributed by atoms with Gasteiger partial charge < -0.3 is 4.57 Å². The number of para-hydroxylation sites is 2. The minimum atomic E-state index is 0.628. The van der Waals surface area contributed by atoms with Crippen LogP contribution in [0.25, 0.3) is 95.0 Å². The molecule has 0 N–H and O–H groups in total. The van der Waals surface area contributed by atoms with Gasteiger partial charge in [0.2, 0.25) is 0 Å². The molecule has 10 aromatic rings. The van der Waals surface area contributed by atoms with Crippen molar-refractivity contribution < 1.29 is 0 Å². The molecule has 258 valence electrons. The van der Waals surface area contributed by atoms with Crippen LogP contribution in [0.3, 0.4) is 0 Å². The zero-order valence-electron chi connectivity index (χ0n) is 29.9. The van der Waals surface area contributed by atoms with Gasteiger partial charge >= 0.3 is 0 Å². The van der Waals surface area contributed by atoms with Crippen LogP contribution in [-0.4, -0.2) is 19.5 Å². The normalized spacial score (nSPS) is 11.3. The number of aromatic nitrogens is 4. The first kappa shape index (κ1) is 32.2. The maximum absolute atomic E-state index is 5.13. The monoisotopic (exact) mass is 702 g/mol. The van der Waals surface area contributed by atoms with Crippen molar-refractivity contribution in [2.75, 3.05) is 0 Å². The molecule has 0 saturated carbocycles. The van der Waals surface area contributed by atoms with Crippen molar-refractivity contribution in [1.29, 1.82) is 0 Å². The zero-order chi connectivity index (χ0) is 36.6. The van der Waals surface area contributed by atoms with Gasteiger partial charge in [-0.15, -0.1) is 0 Å². The molecule has 0 unspecified atom stereocenters. The van der Waals surface area contributed by atoms with Crippen LogP contribution >= 0.6 is 0 Å². The Hall–Kier alpha value is -7.43. The lowest BCUT2D eigenvalue weighted by atomic mass is 9.88. The van der Waals surface area contributed by atoms with Gasteiger partial charge in [-0.1, -0.05) is 170 Å². The van der Waals surface area contributed by atoms with Crippen LogP contribution in [0.1, 0.15) is 0 Å². The molecule has 2 aromatic heterocycles. The summed E-state index contributed by atoms with van der Waals surface area (Å²) in [4.78, 5) is 15.2. The summed E-state index contributed by atoms with van der Waals surface area (Å²) in [5, 5.41) is 2.45. The molecule has 0 spiro atoms. The summed E-state index contributed by atoms with van der Waals surface area (Å²) in [5.74, 6) is 1.90. The summed E-state index contributed by atoms with van der Waals surface area (Å²) in [7, 11) is 0. The van der Waals surface area contributed by atoms with Crippen molar-refractivity contribution in [2.24, 2.45) is 0 Å². The van der Waals surface area contributed by atoms with Gasteiger partial charge in [0, 0.05) is 33.2 Å². The number of rotatable bonds is 7. The number of fused-ring (bicyclic) bond motifs is 3. The van der Waals surface area contributed by atoms with E-state index in [0.29, 0.717) is 17.5 Å². The van der Waals surface area contributed by atoms with E-state index in [-0.39, 0.29) is 0 Å². The predicted octanol–water partition coefficient (Wildman–Crippen LogP) is 13.0. The summed E-state index contributed by atoms with van der Waals surface area (Å²) in [6.45, 7) is 0. The van der Waals surface area contributed by atoms with Gasteiger partial charge in [-0.3, -0.25) is 0 Å². The summed E-state index contributed by atoms with van der Waals surface area (Å²) < 4.78 is 2.36. The van der Waals surface area contributed by atoms with Gasteiger partial charge in [0.1, 0.15) is 0 Å². The molecule has 4 nitrogen and oxygen atoms in total. The first-order valence-electron chi connectivity index (χ1n) is 18.5. The smallest absolute Gasteiger partial charge is 0.164 e. The number of hydrogen-bond donors (Lipinski definition) is 0. The average molecular weight is 703 g/mol. The fourth-order valence-corrected chi connectivity index (χ4v) is 7.67. The van der Waals surface area contributed by atoms with Crippen molar-refractivity contribution in [3.05, 3.63) is 206 Å². The highest BCUT2D eigenvalue weighted by atomic mass is 15.0. The van der Waals surface area contributed by atoms with E-state index in [9.17, 15) is 0 Å². The maximum atomic E-state index is 5.13. The van der Waals surface area contributed by atoms with Crippen LogP contribution in [0.5, 0.6) is 0 Å². The Bertz CT molecular complexity index is 2900. The molecule has 0 bridgehead atoms. The summed E-state index contributed by atoms with van der Waals surface area (Å²) in [6, 6.07) is 72.3. The first-order chi connectivity index (χ1) is 27.3. The minimum Gasteiger partial charge on any atom is -0.309 e. The molecule has 0 aliphatic heterocycles. The predicted molar refractivity (Wildman–Crippen MR) is 227 cm³/mol. The molecule has 4 heteroatoms. The molecular weight excluding hydrogens is 669 g/mol. The lowest BCUT2D eigenvalue weighted by molar-refractivity contribution is 1.07. The lowest BCUT2D eigenvalue weighted by Crippen LogP contribution is -2.01. The molecule has 2 heterocycles. The van der Waals surface area contributed by atoms with Gasteiger partial charge in [-0.2, -0.15) is 0 Å². The highest BCUT2D eigenvalue weighted by Gasteiger charge is 2.19. The van der Waals surface area contributed by atoms with Crippen LogP contribution in [0, 0.1) is 0 Å². The molecule has 0 saturated heterocycles. The molecule has 0 atom stereocenters. The topological polar surface area (TPSA) is 43.6 Å². The second-order valence-electron chi connectivity index (χ2n) is 13.6. The molecule has 0 aliphatic carbocycles. The van der Waals surface area contributed by atoms with E-state index in [0.717, 1.165) is 55.8 Å². The van der Waals surface area contributed by atoms with Crippen LogP contribution in [0.4, 0.5) is 0 Å². The largest absolute Gasteiger partial charge is 0.309 e. The third-order valence-electron chi connectivity index (χ3n) is 10.3. The van der Waals surface area contributed by atoms with E-state index in [4.69, 9.17) is 15.0 Å². The third kappa shape index (κ3) is 5.96. The maximum Gasteiger partial charge on any atom is 0.164 e. The molecular formula is C51H34N4. The first-order valence-corrected chi connectivity index (χ1v) is 18.5. The summed E-state index contributed by atoms with van der Waals surface area (Å²) in [5.41, 5.74) is 13.1. The molecule has 0 amide bonds. The molecule has 55 heavy (non-hydrogen) atoms. The van der Waals surface area contributed by atoms with Gasteiger partial charge in [-0.05, 0) is 69.8 Å². The fourth-order valence-electron chi connectivity index (χ4n) is 7.67. The Labute approximate surface area is 319 Å². The third-order valence-corrected chi connectivity index (χ3v) is 10.3. The standard InChI is InChI=1S/C51H34N4/c1-5-17-35(18-6-1)41-31-29-38(39-30-32-48-46(34-39)43-26-15-16-28-47(43)55(48)40-23-11-4-12-24-40)33-45(41)42-25-13-14-27-44(42)51-53-49(36-19-7-2-8-20-36)52-50(54-51)37-21-9-3-10-22-37/h1-34H. The zero-order valence-corrected chi connectivity index (χ0v) is 29.9. The van der Waals surface area contributed by atoms with Gasteiger partial charge in [0.15, 0.2) is 17.5 Å². The van der Waals surface area contributed by atoms with Crippen LogP contribution < -0.4 is 0 Å². The summed E-state index contributed by atoms with van der Waals surface area (Å²) >= 11 is 0. The second-order valence-corrected chi connectivity index (χ2v) is 13.6. The quantitative estimate of drug-likeness (QED) is 0.166. The van der Waals surface area contributed by atoms with Crippen LogP contribution in [0.2, 0.25) is 0 Å². The van der Waals surface area contributed by atoms with E-state index < -0.39 is 0 Å². The lowest BCUT2D eigenvalue weighted by Gasteiger charge is -2.17. The molecule has 0 aliphatic rings. The van der Waals surface area contributed by atoms with Crippen molar-refractivity contribution in [1.82, 2.24) is 19.5 Å². The Morgan fingerprint density at radius 3 is 1.44 bits per heavy atom. The fraction of sp³-hybridized carbons (Fsp3) is 0. The van der Waals surface area contributed by atoms with Gasteiger partial charge in [-0.25, -0.2) is 15.0 Å². The highest BCUT2D eigenvalue weighted by molar-refractivity contribution is 6.10. The van der Waals surface area contributed by atoms with Crippen molar-refractivity contribution in [2.45, 2.75) is 0 Å². The van der Waals surface area contributed by atoms with E-state index in [1.807, 2.05) is 60.7 Å². The Kier molecular flexibility index (Phi) is 8.12. The average Bonchev–Trinajstić information content (AvgIpc) is 3.61. The SMILES string of the molecule is c1ccc(-c2nc(-c3ccccc3)nc(-c3ccccc3-c3cc(-c4ccc5c(c4)c4ccccc4n5-c4ccccc4)ccc3-c3ccccc3)n2)cc1. The summed E-state index contributed by atoms with van der Waals surface area (Å²) in [6.07, 6.45) is 0. The van der Waals surface area contributed by atoms with E-state index >= 15 is 0 Å². The van der Waals surface area contributed by atoms with Gasteiger partial charge in [0.25, 0.3) is 0 Å². The minimum absolute atomic E-state index is 0.628. The molecule has 8 aromatic carbocycles. The molecule has 10 rings (SSSR count).